The molecule has 1 unspecified atom stereocenters. The van der Waals surface area contributed by atoms with Crippen LogP contribution in [0.25, 0.3) is 0 Å². The fraction of sp³-hybridized carbons (Fsp3) is 0.286. The van der Waals surface area contributed by atoms with Gasteiger partial charge in [0.1, 0.15) is 4.64 Å². The average molecular weight is 242 g/mol. The van der Waals surface area contributed by atoms with E-state index in [0.29, 0.717) is 5.92 Å². The second kappa shape index (κ2) is 4.41. The molecule has 3 heteroatoms. The lowest BCUT2D eigenvalue weighted by Crippen LogP contribution is -2.13. The second-order valence-electron chi connectivity index (χ2n) is 4.46. The molecule has 0 spiro atoms. The first-order chi connectivity index (χ1) is 8.34. The Morgan fingerprint density at radius 3 is 3.06 bits per heavy atom. The van der Waals surface area contributed by atoms with Crippen molar-refractivity contribution < 1.29 is 0 Å². The lowest BCUT2D eigenvalue weighted by molar-refractivity contribution is 0.587. The molecule has 0 amide bonds. The summed E-state index contributed by atoms with van der Waals surface area (Å²) in [4.78, 5) is 7.85. The summed E-state index contributed by atoms with van der Waals surface area (Å²) in [6, 6.07) is 10.3. The SMILES string of the molecule is S=c1cccc(C2CCCc3cccnc32)[nH]1. The molecule has 1 aliphatic rings. The predicted molar refractivity (Wildman–Crippen MR) is 70.6 cm³/mol. The number of hydrogen-bond donors (Lipinski definition) is 1. The minimum atomic E-state index is 0.378. The maximum atomic E-state index is 5.19. The Bertz CT molecular complexity index is 589. The molecule has 17 heavy (non-hydrogen) atoms. The third kappa shape index (κ3) is 2.03. The summed E-state index contributed by atoms with van der Waals surface area (Å²) in [6.45, 7) is 0. The van der Waals surface area contributed by atoms with Gasteiger partial charge in [0.05, 0.1) is 5.69 Å². The van der Waals surface area contributed by atoms with E-state index in [1.54, 1.807) is 0 Å². The Kier molecular flexibility index (Phi) is 2.77. The van der Waals surface area contributed by atoms with Gasteiger partial charge in [-0.15, -0.1) is 0 Å². The standard InChI is InChI=1S/C14H14N2S/c17-13-8-2-7-12(16-13)11-6-1-4-10-5-3-9-15-14(10)11/h2-3,5,7-9,11H,1,4,6H2,(H,16,17). The van der Waals surface area contributed by atoms with E-state index < -0.39 is 0 Å². The van der Waals surface area contributed by atoms with Gasteiger partial charge in [0.15, 0.2) is 0 Å². The molecular formula is C14H14N2S. The molecule has 0 radical (unpaired) electrons. The van der Waals surface area contributed by atoms with Crippen LogP contribution in [0.15, 0.2) is 36.5 Å². The van der Waals surface area contributed by atoms with Crippen LogP contribution in [0.2, 0.25) is 0 Å². The van der Waals surface area contributed by atoms with Gasteiger partial charge in [-0.1, -0.05) is 24.4 Å². The molecule has 1 aliphatic carbocycles. The number of H-pyrrole nitrogens is 1. The number of pyridine rings is 2. The number of aromatic nitrogens is 2. The lowest BCUT2D eigenvalue weighted by Gasteiger charge is -2.24. The molecule has 2 aromatic heterocycles. The highest BCUT2D eigenvalue weighted by Gasteiger charge is 2.22. The number of aromatic amines is 1. The largest absolute Gasteiger partial charge is 0.349 e. The third-order valence-electron chi connectivity index (χ3n) is 3.36. The quantitative estimate of drug-likeness (QED) is 0.774. The van der Waals surface area contributed by atoms with Crippen molar-refractivity contribution in [2.45, 2.75) is 25.2 Å². The molecule has 2 heterocycles. The third-order valence-corrected chi connectivity index (χ3v) is 3.60. The number of fused-ring (bicyclic) bond motifs is 1. The van der Waals surface area contributed by atoms with Crippen molar-refractivity contribution in [2.24, 2.45) is 0 Å². The lowest BCUT2D eigenvalue weighted by atomic mass is 9.84. The first-order valence-corrected chi connectivity index (χ1v) is 6.38. The van der Waals surface area contributed by atoms with Crippen LogP contribution < -0.4 is 0 Å². The van der Waals surface area contributed by atoms with Gasteiger partial charge in [-0.05, 0) is 43.0 Å². The fourth-order valence-electron chi connectivity index (χ4n) is 2.58. The van der Waals surface area contributed by atoms with Gasteiger partial charge in [0.25, 0.3) is 0 Å². The fourth-order valence-corrected chi connectivity index (χ4v) is 2.78. The van der Waals surface area contributed by atoms with Crippen LogP contribution in [0.5, 0.6) is 0 Å². The van der Waals surface area contributed by atoms with E-state index in [1.165, 1.54) is 23.4 Å². The topological polar surface area (TPSA) is 28.7 Å². The van der Waals surface area contributed by atoms with E-state index in [0.717, 1.165) is 17.5 Å². The molecule has 0 saturated heterocycles. The molecule has 1 atom stereocenters. The summed E-state index contributed by atoms with van der Waals surface area (Å²) in [5.74, 6) is 0.378. The first-order valence-electron chi connectivity index (χ1n) is 5.97. The van der Waals surface area contributed by atoms with Crippen molar-refractivity contribution >= 4 is 12.2 Å². The van der Waals surface area contributed by atoms with Crippen molar-refractivity contribution in [1.82, 2.24) is 9.97 Å². The van der Waals surface area contributed by atoms with Crippen molar-refractivity contribution in [3.8, 4) is 0 Å². The number of aryl methyl sites for hydroxylation is 1. The summed E-state index contributed by atoms with van der Waals surface area (Å²) in [5, 5.41) is 0. The van der Waals surface area contributed by atoms with Gasteiger partial charge >= 0.3 is 0 Å². The maximum Gasteiger partial charge on any atom is 0.103 e. The van der Waals surface area contributed by atoms with E-state index in [-0.39, 0.29) is 0 Å². The van der Waals surface area contributed by atoms with Crippen molar-refractivity contribution in [2.75, 3.05) is 0 Å². The van der Waals surface area contributed by atoms with Crippen LogP contribution in [-0.2, 0) is 6.42 Å². The summed E-state index contributed by atoms with van der Waals surface area (Å²) in [6.07, 6.45) is 5.40. The Morgan fingerprint density at radius 1 is 1.24 bits per heavy atom. The zero-order chi connectivity index (χ0) is 11.7. The highest BCUT2D eigenvalue weighted by Crippen LogP contribution is 2.33. The first kappa shape index (κ1) is 10.7. The Labute approximate surface area is 106 Å². The van der Waals surface area contributed by atoms with Gasteiger partial charge in [-0.2, -0.15) is 0 Å². The summed E-state index contributed by atoms with van der Waals surface area (Å²) in [7, 11) is 0. The van der Waals surface area contributed by atoms with Crippen LogP contribution in [0.4, 0.5) is 0 Å². The molecule has 2 nitrogen and oxygen atoms in total. The summed E-state index contributed by atoms with van der Waals surface area (Å²) in [5.41, 5.74) is 3.79. The average Bonchev–Trinajstić information content (AvgIpc) is 2.38. The van der Waals surface area contributed by atoms with Crippen molar-refractivity contribution in [3.05, 3.63) is 58.1 Å². The number of rotatable bonds is 1. The molecule has 2 aromatic rings. The predicted octanol–water partition coefficient (Wildman–Crippen LogP) is 3.61. The van der Waals surface area contributed by atoms with Gasteiger partial charge in [-0.3, -0.25) is 4.98 Å². The molecule has 0 bridgehead atoms. The molecule has 0 fully saturated rings. The van der Waals surface area contributed by atoms with Gasteiger partial charge in [-0.25, -0.2) is 0 Å². The normalized spacial score (nSPS) is 18.7. The minimum absolute atomic E-state index is 0.378. The van der Waals surface area contributed by atoms with Crippen LogP contribution in [-0.4, -0.2) is 9.97 Å². The Balaban J connectivity index is 2.09. The van der Waals surface area contributed by atoms with Crippen molar-refractivity contribution in [1.29, 1.82) is 0 Å². The maximum absolute atomic E-state index is 5.19. The molecule has 0 aromatic carbocycles. The van der Waals surface area contributed by atoms with E-state index in [1.807, 2.05) is 24.4 Å². The minimum Gasteiger partial charge on any atom is -0.349 e. The highest BCUT2D eigenvalue weighted by molar-refractivity contribution is 7.71. The molecule has 0 aliphatic heterocycles. The summed E-state index contributed by atoms with van der Waals surface area (Å²) >= 11 is 5.19. The smallest absolute Gasteiger partial charge is 0.103 e. The van der Waals surface area contributed by atoms with Crippen LogP contribution in [0.1, 0.15) is 35.7 Å². The number of nitrogens with one attached hydrogen (secondary N) is 1. The zero-order valence-corrected chi connectivity index (χ0v) is 10.3. The zero-order valence-electron chi connectivity index (χ0n) is 9.52. The van der Waals surface area contributed by atoms with Gasteiger partial charge in [0.2, 0.25) is 0 Å². The molecule has 86 valence electrons. The summed E-state index contributed by atoms with van der Waals surface area (Å²) < 4.78 is 0.797. The van der Waals surface area contributed by atoms with Gasteiger partial charge < -0.3 is 4.98 Å². The monoisotopic (exact) mass is 242 g/mol. The highest BCUT2D eigenvalue weighted by atomic mass is 32.1. The molecule has 1 N–H and O–H groups in total. The molecule has 3 rings (SSSR count). The molecule has 0 saturated carbocycles. The van der Waals surface area contributed by atoms with Crippen LogP contribution in [0, 0.1) is 4.64 Å². The van der Waals surface area contributed by atoms with Gasteiger partial charge in [0, 0.05) is 17.8 Å². The van der Waals surface area contributed by atoms with Crippen LogP contribution >= 0.6 is 12.2 Å². The number of nitrogens with zero attached hydrogens (tertiary/aromatic N) is 1. The number of hydrogen-bond acceptors (Lipinski definition) is 2. The van der Waals surface area contributed by atoms with E-state index in [9.17, 15) is 0 Å². The Hall–Kier alpha value is -1.48. The van der Waals surface area contributed by atoms with E-state index >= 15 is 0 Å². The second-order valence-corrected chi connectivity index (χ2v) is 4.90. The molecular weight excluding hydrogens is 228 g/mol. The van der Waals surface area contributed by atoms with Crippen molar-refractivity contribution in [3.63, 3.8) is 0 Å². The van der Waals surface area contributed by atoms with E-state index in [4.69, 9.17) is 12.2 Å². The Morgan fingerprint density at radius 2 is 2.18 bits per heavy atom. The van der Waals surface area contributed by atoms with Crippen LogP contribution in [0.3, 0.4) is 0 Å². The van der Waals surface area contributed by atoms with E-state index in [2.05, 4.69) is 22.1 Å².